The molecule has 0 amide bonds. The lowest BCUT2D eigenvalue weighted by atomic mass is 10.1. The van der Waals surface area contributed by atoms with Crippen molar-refractivity contribution < 1.29 is 4.52 Å². The zero-order valence-electron chi connectivity index (χ0n) is 11.9. The third kappa shape index (κ3) is 2.11. The molecule has 0 bridgehead atoms. The summed E-state index contributed by atoms with van der Waals surface area (Å²) in [5.74, 6) is 2.22. The number of aromatic nitrogens is 6. The van der Waals surface area contributed by atoms with E-state index in [2.05, 4.69) is 34.2 Å². The smallest absolute Gasteiger partial charge is 0.204 e. The van der Waals surface area contributed by atoms with Crippen LogP contribution >= 0.6 is 0 Å². The van der Waals surface area contributed by atoms with E-state index < -0.39 is 0 Å². The highest BCUT2D eigenvalue weighted by Gasteiger charge is 2.18. The maximum Gasteiger partial charge on any atom is 0.204 e. The molecule has 0 aliphatic rings. The van der Waals surface area contributed by atoms with Gasteiger partial charge in [0.15, 0.2) is 0 Å². The minimum absolute atomic E-state index is 0.309. The van der Waals surface area contributed by atoms with Gasteiger partial charge in [-0.3, -0.25) is 4.68 Å². The van der Waals surface area contributed by atoms with Crippen LogP contribution in [0.1, 0.15) is 31.3 Å². The standard InChI is InChI=1S/C13H16N6O/c1-8(2)11-5-12(20-17-11)13-15-9(3)16-19(13)10-6-14-18(4)7-10/h5-8H,1-4H3. The molecule has 0 saturated carbocycles. The topological polar surface area (TPSA) is 74.6 Å². The summed E-state index contributed by atoms with van der Waals surface area (Å²) in [7, 11) is 1.86. The van der Waals surface area contributed by atoms with Crippen LogP contribution in [-0.4, -0.2) is 29.7 Å². The summed E-state index contributed by atoms with van der Waals surface area (Å²) >= 11 is 0. The predicted molar refractivity (Wildman–Crippen MR) is 72.4 cm³/mol. The van der Waals surface area contributed by atoms with Crippen LogP contribution in [0.2, 0.25) is 0 Å². The highest BCUT2D eigenvalue weighted by atomic mass is 16.5. The Balaban J connectivity index is 2.09. The Kier molecular flexibility index (Phi) is 2.89. The average molecular weight is 272 g/mol. The van der Waals surface area contributed by atoms with Gasteiger partial charge in [-0.2, -0.15) is 10.2 Å². The van der Waals surface area contributed by atoms with Crippen molar-refractivity contribution in [3.8, 4) is 17.3 Å². The summed E-state index contributed by atoms with van der Waals surface area (Å²) in [4.78, 5) is 4.42. The maximum atomic E-state index is 5.39. The first-order valence-electron chi connectivity index (χ1n) is 6.44. The van der Waals surface area contributed by atoms with Gasteiger partial charge >= 0.3 is 0 Å². The molecule has 0 unspecified atom stereocenters. The van der Waals surface area contributed by atoms with E-state index in [0.29, 0.717) is 23.3 Å². The van der Waals surface area contributed by atoms with Crippen molar-refractivity contribution in [3.05, 3.63) is 30.0 Å². The SMILES string of the molecule is Cc1nc(-c2cc(C(C)C)no2)n(-c2cnn(C)c2)n1. The molecule has 0 aliphatic carbocycles. The quantitative estimate of drug-likeness (QED) is 0.729. The summed E-state index contributed by atoms with van der Waals surface area (Å²) < 4.78 is 8.83. The van der Waals surface area contributed by atoms with E-state index in [0.717, 1.165) is 11.4 Å². The van der Waals surface area contributed by atoms with Crippen LogP contribution in [0.3, 0.4) is 0 Å². The number of hydrogen-bond donors (Lipinski definition) is 0. The Bertz CT molecular complexity index is 736. The van der Waals surface area contributed by atoms with Crippen molar-refractivity contribution >= 4 is 0 Å². The fourth-order valence-corrected chi connectivity index (χ4v) is 1.94. The third-order valence-corrected chi connectivity index (χ3v) is 2.99. The van der Waals surface area contributed by atoms with Crippen LogP contribution in [0, 0.1) is 6.92 Å². The molecule has 104 valence electrons. The van der Waals surface area contributed by atoms with E-state index in [4.69, 9.17) is 4.52 Å². The average Bonchev–Trinajstić information content (AvgIpc) is 3.06. The zero-order valence-corrected chi connectivity index (χ0v) is 11.9. The van der Waals surface area contributed by atoms with Gasteiger partial charge in [-0.25, -0.2) is 9.67 Å². The first kappa shape index (κ1) is 12.6. The van der Waals surface area contributed by atoms with Crippen LogP contribution in [0.5, 0.6) is 0 Å². The summed E-state index contributed by atoms with van der Waals surface area (Å²) in [6.45, 7) is 5.98. The number of hydrogen-bond acceptors (Lipinski definition) is 5. The molecule has 3 rings (SSSR count). The first-order valence-corrected chi connectivity index (χ1v) is 6.44. The van der Waals surface area contributed by atoms with Crippen molar-refractivity contribution in [2.45, 2.75) is 26.7 Å². The molecule has 0 spiro atoms. The second-order valence-corrected chi connectivity index (χ2v) is 5.04. The van der Waals surface area contributed by atoms with E-state index in [9.17, 15) is 0 Å². The Hall–Kier alpha value is -2.44. The van der Waals surface area contributed by atoms with Gasteiger partial charge in [0, 0.05) is 13.1 Å². The number of aryl methyl sites for hydroxylation is 2. The molecule has 0 atom stereocenters. The van der Waals surface area contributed by atoms with Gasteiger partial charge in [0.1, 0.15) is 11.5 Å². The monoisotopic (exact) mass is 272 g/mol. The van der Waals surface area contributed by atoms with Gasteiger partial charge < -0.3 is 4.52 Å². The predicted octanol–water partition coefficient (Wildman–Crippen LogP) is 2.09. The van der Waals surface area contributed by atoms with E-state index in [1.807, 2.05) is 26.2 Å². The van der Waals surface area contributed by atoms with Crippen LogP contribution in [0.25, 0.3) is 17.3 Å². The van der Waals surface area contributed by atoms with Crippen LogP contribution in [-0.2, 0) is 7.05 Å². The summed E-state index contributed by atoms with van der Waals surface area (Å²) in [6.07, 6.45) is 3.61. The van der Waals surface area contributed by atoms with E-state index >= 15 is 0 Å². The van der Waals surface area contributed by atoms with Gasteiger partial charge in [-0.1, -0.05) is 19.0 Å². The van der Waals surface area contributed by atoms with Gasteiger partial charge in [0.2, 0.25) is 11.6 Å². The Morgan fingerprint density at radius 1 is 1.30 bits per heavy atom. The van der Waals surface area contributed by atoms with Gasteiger partial charge in [0.25, 0.3) is 0 Å². The van der Waals surface area contributed by atoms with Crippen molar-refractivity contribution in [1.29, 1.82) is 0 Å². The largest absolute Gasteiger partial charge is 0.353 e. The summed E-state index contributed by atoms with van der Waals surface area (Å²) in [5, 5.41) is 12.6. The van der Waals surface area contributed by atoms with E-state index in [-0.39, 0.29) is 0 Å². The lowest BCUT2D eigenvalue weighted by molar-refractivity contribution is 0.416. The Morgan fingerprint density at radius 3 is 2.70 bits per heavy atom. The molecule has 0 aromatic carbocycles. The summed E-state index contributed by atoms with van der Waals surface area (Å²) in [5.41, 5.74) is 1.74. The molecule has 7 nitrogen and oxygen atoms in total. The van der Waals surface area contributed by atoms with Gasteiger partial charge in [-0.05, 0) is 12.8 Å². The van der Waals surface area contributed by atoms with Crippen molar-refractivity contribution in [1.82, 2.24) is 29.7 Å². The minimum atomic E-state index is 0.309. The molecule has 0 saturated heterocycles. The molecular formula is C13H16N6O. The molecule has 0 fully saturated rings. The molecule has 3 heterocycles. The Morgan fingerprint density at radius 2 is 2.10 bits per heavy atom. The van der Waals surface area contributed by atoms with Crippen LogP contribution in [0.15, 0.2) is 23.0 Å². The van der Waals surface area contributed by atoms with Gasteiger partial charge in [0.05, 0.1) is 18.1 Å². The van der Waals surface area contributed by atoms with E-state index in [1.165, 1.54) is 0 Å². The minimum Gasteiger partial charge on any atom is -0.353 e. The van der Waals surface area contributed by atoms with Crippen molar-refractivity contribution in [3.63, 3.8) is 0 Å². The lowest BCUT2D eigenvalue weighted by Crippen LogP contribution is -1.98. The maximum absolute atomic E-state index is 5.39. The second-order valence-electron chi connectivity index (χ2n) is 5.04. The molecule has 0 aliphatic heterocycles. The number of nitrogens with zero attached hydrogens (tertiary/aromatic N) is 6. The number of rotatable bonds is 3. The third-order valence-electron chi connectivity index (χ3n) is 2.99. The highest BCUT2D eigenvalue weighted by molar-refractivity contribution is 5.51. The zero-order chi connectivity index (χ0) is 14.3. The molecular weight excluding hydrogens is 256 g/mol. The highest BCUT2D eigenvalue weighted by Crippen LogP contribution is 2.24. The Labute approximate surface area is 116 Å². The van der Waals surface area contributed by atoms with Crippen LogP contribution in [0.4, 0.5) is 0 Å². The molecule has 0 radical (unpaired) electrons. The fraction of sp³-hybridized carbons (Fsp3) is 0.385. The van der Waals surface area contributed by atoms with Crippen molar-refractivity contribution in [2.24, 2.45) is 7.05 Å². The second kappa shape index (κ2) is 4.59. The normalized spacial score (nSPS) is 11.4. The molecule has 0 N–H and O–H groups in total. The molecule has 20 heavy (non-hydrogen) atoms. The summed E-state index contributed by atoms with van der Waals surface area (Å²) in [6, 6.07) is 1.90. The fourth-order valence-electron chi connectivity index (χ4n) is 1.94. The first-order chi connectivity index (χ1) is 9.54. The van der Waals surface area contributed by atoms with Gasteiger partial charge in [-0.15, -0.1) is 0 Å². The molecule has 3 aromatic heterocycles. The lowest BCUT2D eigenvalue weighted by Gasteiger charge is -1.98. The molecule has 7 heteroatoms. The van der Waals surface area contributed by atoms with Crippen molar-refractivity contribution in [2.75, 3.05) is 0 Å². The van der Waals surface area contributed by atoms with E-state index in [1.54, 1.807) is 15.6 Å². The van der Waals surface area contributed by atoms with Crippen LogP contribution < -0.4 is 0 Å². The molecule has 3 aromatic rings.